The molecule has 2 aliphatic rings. The van der Waals surface area contributed by atoms with Crippen molar-refractivity contribution in [3.05, 3.63) is 89.2 Å². The number of rotatable bonds is 7. The second-order valence-electron chi connectivity index (χ2n) is 8.70. The lowest BCUT2D eigenvalue weighted by molar-refractivity contribution is 0.143. The molecule has 34 heavy (non-hydrogen) atoms. The maximum absolute atomic E-state index is 13.6. The molecule has 3 aromatic carbocycles. The molecule has 1 saturated carbocycles. The maximum Gasteiger partial charge on any atom is 0.407 e. The molecule has 172 valence electrons. The molecule has 0 aromatic heterocycles. The number of hydrogen-bond donors (Lipinski definition) is 1. The van der Waals surface area contributed by atoms with Gasteiger partial charge < -0.3 is 14.8 Å². The van der Waals surface area contributed by atoms with Gasteiger partial charge in [0.25, 0.3) is 0 Å². The summed E-state index contributed by atoms with van der Waals surface area (Å²) in [6.45, 7) is 1.26. The molecule has 0 saturated heterocycles. The fourth-order valence-electron chi connectivity index (χ4n) is 4.25. The van der Waals surface area contributed by atoms with Crippen LogP contribution in [0.5, 0.6) is 5.75 Å². The zero-order valence-electron chi connectivity index (χ0n) is 18.9. The second kappa shape index (κ2) is 10.0. The van der Waals surface area contributed by atoms with Crippen LogP contribution in [0.2, 0.25) is 0 Å². The molecule has 0 unspecified atom stereocenters. The van der Waals surface area contributed by atoms with E-state index < -0.39 is 6.09 Å². The molecule has 0 radical (unpaired) electrons. The van der Waals surface area contributed by atoms with Crippen LogP contribution in [-0.4, -0.2) is 25.9 Å². The summed E-state index contributed by atoms with van der Waals surface area (Å²) < 4.78 is 25.0. The number of nitrogens with one attached hydrogen (secondary N) is 1. The van der Waals surface area contributed by atoms with Crippen LogP contribution >= 0.6 is 0 Å². The number of ether oxygens (including phenoxy) is 2. The van der Waals surface area contributed by atoms with Crippen molar-refractivity contribution in [3.63, 3.8) is 0 Å². The van der Waals surface area contributed by atoms with E-state index in [2.05, 4.69) is 41.4 Å². The van der Waals surface area contributed by atoms with Gasteiger partial charge in [0.2, 0.25) is 0 Å². The first-order chi connectivity index (χ1) is 16.7. The van der Waals surface area contributed by atoms with E-state index in [1.165, 1.54) is 47.2 Å². The van der Waals surface area contributed by atoms with Crippen LogP contribution < -0.4 is 10.1 Å². The van der Waals surface area contributed by atoms with Crippen molar-refractivity contribution in [2.75, 3.05) is 19.8 Å². The minimum absolute atomic E-state index is 0.0278. The lowest BCUT2D eigenvalue weighted by atomic mass is 9.98. The number of benzene rings is 3. The summed E-state index contributed by atoms with van der Waals surface area (Å²) >= 11 is 0. The van der Waals surface area contributed by atoms with E-state index in [0.717, 1.165) is 0 Å². The number of hydrogen-bond acceptors (Lipinski definition) is 3. The monoisotopic (exact) mass is 455 g/mol. The van der Waals surface area contributed by atoms with Crippen molar-refractivity contribution >= 4 is 6.09 Å². The molecule has 3 aromatic rings. The van der Waals surface area contributed by atoms with Crippen molar-refractivity contribution in [2.24, 2.45) is 5.92 Å². The summed E-state index contributed by atoms with van der Waals surface area (Å²) in [4.78, 5) is 12.3. The van der Waals surface area contributed by atoms with Gasteiger partial charge in [0.05, 0.1) is 12.2 Å². The van der Waals surface area contributed by atoms with E-state index in [0.29, 0.717) is 36.8 Å². The zero-order chi connectivity index (χ0) is 23.3. The van der Waals surface area contributed by atoms with Gasteiger partial charge in [-0.3, -0.25) is 0 Å². The van der Waals surface area contributed by atoms with Crippen LogP contribution in [0.25, 0.3) is 11.1 Å². The Morgan fingerprint density at radius 3 is 2.38 bits per heavy atom. The van der Waals surface area contributed by atoms with Gasteiger partial charge >= 0.3 is 6.09 Å². The third kappa shape index (κ3) is 5.07. The predicted molar refractivity (Wildman–Crippen MR) is 129 cm³/mol. The molecule has 1 fully saturated rings. The van der Waals surface area contributed by atoms with E-state index in [1.54, 1.807) is 6.07 Å². The number of carbonyl (C=O) groups is 1. The van der Waals surface area contributed by atoms with Gasteiger partial charge in [-0.25, -0.2) is 9.18 Å². The van der Waals surface area contributed by atoms with Crippen LogP contribution in [0, 0.1) is 23.6 Å². The molecule has 0 bridgehead atoms. The van der Waals surface area contributed by atoms with E-state index in [1.807, 2.05) is 24.3 Å². The second-order valence-corrected chi connectivity index (χ2v) is 8.70. The highest BCUT2D eigenvalue weighted by Crippen LogP contribution is 2.44. The van der Waals surface area contributed by atoms with Crippen molar-refractivity contribution in [2.45, 2.75) is 25.2 Å². The Balaban J connectivity index is 1.12. The number of alkyl carbamates (subject to hydrolysis) is 1. The largest absolute Gasteiger partial charge is 0.492 e. The topological polar surface area (TPSA) is 47.6 Å². The third-order valence-corrected chi connectivity index (χ3v) is 6.20. The average Bonchev–Trinajstić information content (AvgIpc) is 3.63. The van der Waals surface area contributed by atoms with Crippen molar-refractivity contribution < 1.29 is 18.7 Å². The van der Waals surface area contributed by atoms with Crippen molar-refractivity contribution in [1.82, 2.24) is 5.32 Å². The maximum atomic E-state index is 13.6. The molecular weight excluding hydrogens is 429 g/mol. The standard InChI is InChI=1S/C29H26FNO3/c30-22-14-15-28(33-18-20-12-13-20)21(17-22)7-5-6-16-31-29(32)34-19-27-25-10-3-1-8-23(25)24-9-2-4-11-26(24)27/h1-4,8-11,14-15,17,20,27H,6,12-13,16,18-19H2,(H,31,32). The van der Waals surface area contributed by atoms with Crippen LogP contribution in [0.4, 0.5) is 9.18 Å². The number of carbonyl (C=O) groups excluding carboxylic acids is 1. The zero-order valence-corrected chi connectivity index (χ0v) is 18.9. The molecule has 5 heteroatoms. The predicted octanol–water partition coefficient (Wildman–Crippen LogP) is 5.89. The molecule has 5 rings (SSSR count). The van der Waals surface area contributed by atoms with E-state index >= 15 is 0 Å². The first-order valence-electron chi connectivity index (χ1n) is 11.7. The van der Waals surface area contributed by atoms with E-state index in [-0.39, 0.29) is 18.3 Å². The molecule has 0 atom stereocenters. The van der Waals surface area contributed by atoms with Crippen LogP contribution in [0.3, 0.4) is 0 Å². The molecule has 0 spiro atoms. The van der Waals surface area contributed by atoms with Gasteiger partial charge in [-0.05, 0) is 59.2 Å². The first kappa shape index (κ1) is 22.0. The van der Waals surface area contributed by atoms with Crippen molar-refractivity contribution in [3.8, 4) is 28.7 Å². The van der Waals surface area contributed by atoms with Gasteiger partial charge in [-0.15, -0.1) is 0 Å². The minimum atomic E-state index is -0.470. The summed E-state index contributed by atoms with van der Waals surface area (Å²) in [7, 11) is 0. The van der Waals surface area contributed by atoms with Gasteiger partial charge in [0.1, 0.15) is 18.2 Å². The summed E-state index contributed by atoms with van der Waals surface area (Å²) in [5.41, 5.74) is 5.27. The summed E-state index contributed by atoms with van der Waals surface area (Å²) in [6.07, 6.45) is 2.32. The smallest absolute Gasteiger partial charge is 0.407 e. The molecule has 1 N–H and O–H groups in total. The number of halogens is 1. The normalized spacial score (nSPS) is 13.9. The van der Waals surface area contributed by atoms with Crippen molar-refractivity contribution in [1.29, 1.82) is 0 Å². The molecule has 4 nitrogen and oxygen atoms in total. The van der Waals surface area contributed by atoms with Crippen LogP contribution in [0.15, 0.2) is 66.7 Å². The average molecular weight is 456 g/mol. The molecule has 2 aliphatic carbocycles. The summed E-state index contributed by atoms with van der Waals surface area (Å²) in [5.74, 6) is 6.83. The van der Waals surface area contributed by atoms with Gasteiger partial charge in [0.15, 0.2) is 0 Å². The fourth-order valence-corrected chi connectivity index (χ4v) is 4.25. The lowest BCUT2D eigenvalue weighted by Gasteiger charge is -2.14. The SMILES string of the molecule is O=C(NCCC#Cc1cc(F)ccc1OCC1CC1)OCC1c2ccccc2-c2ccccc21. The summed E-state index contributed by atoms with van der Waals surface area (Å²) in [6, 6.07) is 20.8. The Hall–Kier alpha value is -3.78. The van der Waals surface area contributed by atoms with E-state index in [9.17, 15) is 9.18 Å². The Morgan fingerprint density at radius 1 is 0.971 bits per heavy atom. The Morgan fingerprint density at radius 2 is 1.68 bits per heavy atom. The highest BCUT2D eigenvalue weighted by atomic mass is 19.1. The molecular formula is C29H26FNO3. The van der Waals surface area contributed by atoms with Gasteiger partial charge in [-0.2, -0.15) is 0 Å². The Kier molecular flexibility index (Phi) is 6.49. The molecule has 1 amide bonds. The molecule has 0 aliphatic heterocycles. The van der Waals surface area contributed by atoms with E-state index in [4.69, 9.17) is 9.47 Å². The summed E-state index contributed by atoms with van der Waals surface area (Å²) in [5, 5.41) is 2.75. The van der Waals surface area contributed by atoms with Crippen LogP contribution in [0.1, 0.15) is 41.9 Å². The third-order valence-electron chi connectivity index (χ3n) is 6.20. The first-order valence-corrected chi connectivity index (χ1v) is 11.7. The van der Waals surface area contributed by atoms with Crippen LogP contribution in [-0.2, 0) is 4.74 Å². The number of fused-ring (bicyclic) bond motifs is 3. The minimum Gasteiger partial charge on any atom is -0.492 e. The lowest BCUT2D eigenvalue weighted by Crippen LogP contribution is -2.26. The Bertz CT molecular complexity index is 1210. The molecule has 0 heterocycles. The fraction of sp³-hybridized carbons (Fsp3) is 0.276. The van der Waals surface area contributed by atoms with Gasteiger partial charge in [0, 0.05) is 18.9 Å². The Labute approximate surface area is 199 Å². The quantitative estimate of drug-likeness (QED) is 0.357. The number of amides is 1. The highest BCUT2D eigenvalue weighted by molar-refractivity contribution is 5.79. The highest BCUT2D eigenvalue weighted by Gasteiger charge is 2.29. The van der Waals surface area contributed by atoms with Gasteiger partial charge in [-0.1, -0.05) is 60.4 Å².